The lowest BCUT2D eigenvalue weighted by atomic mass is 10.2. The smallest absolute Gasteiger partial charge is 0.264 e. The second-order valence-electron chi connectivity index (χ2n) is 5.51. The molecule has 1 aromatic carbocycles. The lowest BCUT2D eigenvalue weighted by Gasteiger charge is -2.18. The molecule has 23 heavy (non-hydrogen) atoms. The van der Waals surface area contributed by atoms with E-state index in [0.29, 0.717) is 35.5 Å². The number of likely N-dealkylation sites (N-methyl/N-ethyl adjacent to an activating group) is 1. The molecule has 2 rings (SSSR count). The monoisotopic (exact) mass is 337 g/mol. The number of rotatable bonds is 7. The minimum atomic E-state index is -0.0198. The number of carbonyl (C=O) groups excluding carboxylic acids is 1. The van der Waals surface area contributed by atoms with E-state index in [2.05, 4.69) is 10.1 Å². The predicted octanol–water partition coefficient (Wildman–Crippen LogP) is 2.96. The van der Waals surface area contributed by atoms with Gasteiger partial charge < -0.3 is 14.2 Å². The van der Waals surface area contributed by atoms with Crippen LogP contribution in [0.3, 0.4) is 0 Å². The number of hydrogen-bond acceptors (Lipinski definition) is 5. The molecule has 0 N–H and O–H groups in total. The van der Waals surface area contributed by atoms with Crippen molar-refractivity contribution >= 4 is 17.5 Å². The highest BCUT2D eigenvalue weighted by Gasteiger charge is 2.14. The summed E-state index contributed by atoms with van der Waals surface area (Å²) in [4.78, 5) is 17.7. The van der Waals surface area contributed by atoms with E-state index in [1.165, 1.54) is 0 Å². The molecule has 6 nitrogen and oxygen atoms in total. The van der Waals surface area contributed by atoms with Gasteiger partial charge in [-0.3, -0.25) is 4.79 Å². The molecule has 0 bridgehead atoms. The Balaban J connectivity index is 1.81. The van der Waals surface area contributed by atoms with Crippen LogP contribution < -0.4 is 4.74 Å². The second kappa shape index (κ2) is 7.97. The van der Waals surface area contributed by atoms with Crippen molar-refractivity contribution in [2.24, 2.45) is 5.92 Å². The van der Waals surface area contributed by atoms with Crippen LogP contribution in [0.15, 0.2) is 28.8 Å². The van der Waals surface area contributed by atoms with E-state index >= 15 is 0 Å². The van der Waals surface area contributed by atoms with E-state index in [-0.39, 0.29) is 18.4 Å². The van der Waals surface area contributed by atoms with E-state index in [1.807, 2.05) is 13.8 Å². The van der Waals surface area contributed by atoms with Crippen LogP contribution in [0.2, 0.25) is 5.02 Å². The van der Waals surface area contributed by atoms with Gasteiger partial charge in [0.1, 0.15) is 5.75 Å². The van der Waals surface area contributed by atoms with Gasteiger partial charge in [-0.25, -0.2) is 0 Å². The number of nitrogens with zero attached hydrogens (tertiary/aromatic N) is 3. The van der Waals surface area contributed by atoms with Crippen molar-refractivity contribution in [3.05, 3.63) is 41.0 Å². The Bertz CT molecular complexity index is 640. The van der Waals surface area contributed by atoms with Gasteiger partial charge in [0.25, 0.3) is 5.89 Å². The van der Waals surface area contributed by atoms with Gasteiger partial charge >= 0.3 is 0 Å². The van der Waals surface area contributed by atoms with Crippen molar-refractivity contribution in [2.75, 3.05) is 13.6 Å². The topological polar surface area (TPSA) is 68.5 Å². The zero-order valence-corrected chi connectivity index (χ0v) is 14.2. The van der Waals surface area contributed by atoms with E-state index in [4.69, 9.17) is 20.9 Å². The third kappa shape index (κ3) is 5.25. The van der Waals surface area contributed by atoms with Crippen LogP contribution in [0.1, 0.15) is 25.6 Å². The van der Waals surface area contributed by atoms with Crippen LogP contribution in [-0.2, 0) is 17.8 Å². The molecule has 0 radical (unpaired) electrons. The van der Waals surface area contributed by atoms with Gasteiger partial charge in [0.05, 0.1) is 0 Å². The molecule has 1 heterocycles. The molecule has 0 unspecified atom stereocenters. The van der Waals surface area contributed by atoms with Gasteiger partial charge in [-0.1, -0.05) is 30.6 Å². The average molecular weight is 338 g/mol. The van der Waals surface area contributed by atoms with Crippen molar-refractivity contribution in [3.8, 4) is 5.75 Å². The first-order valence-electron chi connectivity index (χ1n) is 7.40. The molecule has 124 valence electrons. The minimum Gasteiger partial charge on any atom is -0.484 e. The molecule has 0 spiro atoms. The van der Waals surface area contributed by atoms with Gasteiger partial charge in [0.2, 0.25) is 5.91 Å². The van der Waals surface area contributed by atoms with Crippen LogP contribution in [0.25, 0.3) is 0 Å². The number of amides is 1. The minimum absolute atomic E-state index is 0.0198. The molecule has 0 aliphatic rings. The van der Waals surface area contributed by atoms with E-state index in [1.54, 1.807) is 36.2 Å². The number of benzene rings is 1. The normalized spacial score (nSPS) is 10.8. The maximum absolute atomic E-state index is 11.8. The van der Waals surface area contributed by atoms with Gasteiger partial charge in [-0.2, -0.15) is 4.98 Å². The third-order valence-electron chi connectivity index (χ3n) is 3.23. The molecule has 0 aliphatic carbocycles. The summed E-state index contributed by atoms with van der Waals surface area (Å²) in [6, 6.07) is 7.04. The van der Waals surface area contributed by atoms with Crippen LogP contribution in [0.4, 0.5) is 0 Å². The molecular formula is C16H20ClN3O3. The van der Waals surface area contributed by atoms with Gasteiger partial charge in [0.15, 0.2) is 12.4 Å². The number of aromatic nitrogens is 2. The fourth-order valence-corrected chi connectivity index (χ4v) is 2.07. The number of hydrogen-bond donors (Lipinski definition) is 0. The van der Waals surface area contributed by atoms with E-state index in [0.717, 1.165) is 0 Å². The van der Waals surface area contributed by atoms with Gasteiger partial charge in [-0.15, -0.1) is 0 Å². The quantitative estimate of drug-likeness (QED) is 0.777. The molecule has 0 atom stereocenters. The molecular weight excluding hydrogens is 318 g/mol. The highest BCUT2D eigenvalue weighted by molar-refractivity contribution is 6.30. The summed E-state index contributed by atoms with van der Waals surface area (Å²) < 4.78 is 10.7. The van der Waals surface area contributed by atoms with E-state index in [9.17, 15) is 4.79 Å². The molecule has 0 fully saturated rings. The van der Waals surface area contributed by atoms with Crippen molar-refractivity contribution in [1.82, 2.24) is 15.0 Å². The van der Waals surface area contributed by atoms with Crippen LogP contribution in [-0.4, -0.2) is 34.5 Å². The number of ether oxygens (including phenoxy) is 1. The Hall–Kier alpha value is -2.08. The highest BCUT2D eigenvalue weighted by Crippen LogP contribution is 2.16. The molecule has 1 amide bonds. The SMILES string of the molecule is CC(C)C(=O)N(C)CCc1noc(COc2ccc(Cl)cc2)n1. The molecule has 2 aromatic rings. The summed E-state index contributed by atoms with van der Waals surface area (Å²) in [5, 5.41) is 4.54. The standard InChI is InChI=1S/C16H20ClN3O3/c1-11(2)16(21)20(3)9-8-14-18-15(23-19-14)10-22-13-6-4-12(17)5-7-13/h4-7,11H,8-10H2,1-3H3. The molecule has 0 aliphatic heterocycles. The number of carbonyl (C=O) groups is 1. The Kier molecular flexibility index (Phi) is 5.98. The van der Waals surface area contributed by atoms with Crippen LogP contribution in [0.5, 0.6) is 5.75 Å². The molecule has 0 saturated carbocycles. The Labute approximate surface area is 140 Å². The highest BCUT2D eigenvalue weighted by atomic mass is 35.5. The predicted molar refractivity (Wildman–Crippen MR) is 86.3 cm³/mol. The third-order valence-corrected chi connectivity index (χ3v) is 3.48. The van der Waals surface area contributed by atoms with Crippen LogP contribution >= 0.6 is 11.6 Å². The van der Waals surface area contributed by atoms with E-state index < -0.39 is 0 Å². The fourth-order valence-electron chi connectivity index (χ4n) is 1.94. The Morgan fingerprint density at radius 2 is 2.04 bits per heavy atom. The van der Waals surface area contributed by atoms with Gasteiger partial charge in [-0.05, 0) is 24.3 Å². The summed E-state index contributed by atoms with van der Waals surface area (Å²) in [6.07, 6.45) is 0.541. The van der Waals surface area contributed by atoms with Crippen molar-refractivity contribution in [3.63, 3.8) is 0 Å². The summed E-state index contributed by atoms with van der Waals surface area (Å²) >= 11 is 5.81. The fraction of sp³-hybridized carbons (Fsp3) is 0.438. The van der Waals surface area contributed by atoms with Gasteiger partial charge in [0, 0.05) is 31.0 Å². The maximum Gasteiger partial charge on any atom is 0.264 e. The first kappa shape index (κ1) is 17.3. The average Bonchev–Trinajstić information content (AvgIpc) is 2.99. The first-order valence-corrected chi connectivity index (χ1v) is 7.78. The largest absolute Gasteiger partial charge is 0.484 e. The summed E-state index contributed by atoms with van der Waals surface area (Å²) in [5.74, 6) is 1.71. The van der Waals surface area contributed by atoms with Crippen molar-refractivity contribution in [2.45, 2.75) is 26.9 Å². The first-order chi connectivity index (χ1) is 11.0. The molecule has 0 saturated heterocycles. The lowest BCUT2D eigenvalue weighted by molar-refractivity contribution is -0.133. The summed E-state index contributed by atoms with van der Waals surface area (Å²) in [7, 11) is 1.77. The zero-order valence-electron chi connectivity index (χ0n) is 13.5. The number of halogens is 1. The zero-order chi connectivity index (χ0) is 16.8. The summed E-state index contributed by atoms with van der Waals surface area (Å²) in [6.45, 7) is 4.49. The Morgan fingerprint density at radius 1 is 1.35 bits per heavy atom. The van der Waals surface area contributed by atoms with Crippen LogP contribution in [0, 0.1) is 5.92 Å². The summed E-state index contributed by atoms with van der Waals surface area (Å²) in [5.41, 5.74) is 0. The second-order valence-corrected chi connectivity index (χ2v) is 5.95. The molecule has 1 aromatic heterocycles. The molecule has 7 heteroatoms. The lowest BCUT2D eigenvalue weighted by Crippen LogP contribution is -2.32. The van der Waals surface area contributed by atoms with Crippen molar-refractivity contribution in [1.29, 1.82) is 0 Å². The Morgan fingerprint density at radius 3 is 2.70 bits per heavy atom. The van der Waals surface area contributed by atoms with Crippen molar-refractivity contribution < 1.29 is 14.1 Å². The maximum atomic E-state index is 11.8.